The lowest BCUT2D eigenvalue weighted by atomic mass is 9.93. The van der Waals surface area contributed by atoms with Crippen LogP contribution in [0.2, 0.25) is 0 Å². The van der Waals surface area contributed by atoms with Crippen molar-refractivity contribution in [2.24, 2.45) is 25.6 Å². The number of nitrogen functional groups attached to an aromatic ring is 1. The minimum absolute atomic E-state index is 0.194. The molecule has 0 atom stereocenters. The van der Waals surface area contributed by atoms with Crippen LogP contribution in [0.3, 0.4) is 0 Å². The quantitative estimate of drug-likeness (QED) is 0.221. The summed E-state index contributed by atoms with van der Waals surface area (Å²) >= 11 is 0. The smallest absolute Gasteiger partial charge is 0.269 e. The third-order valence-corrected chi connectivity index (χ3v) is 7.70. The van der Waals surface area contributed by atoms with Crippen LogP contribution >= 0.6 is 0 Å². The first-order valence-corrected chi connectivity index (χ1v) is 14.1. The first kappa shape index (κ1) is 29.1. The fourth-order valence-electron chi connectivity index (χ4n) is 5.73. The molecule has 0 unspecified atom stereocenters. The predicted molar refractivity (Wildman–Crippen MR) is 164 cm³/mol. The summed E-state index contributed by atoms with van der Waals surface area (Å²) in [6.07, 6.45) is 6.47. The summed E-state index contributed by atoms with van der Waals surface area (Å²) in [5.41, 5.74) is 24.4. The highest BCUT2D eigenvalue weighted by molar-refractivity contribution is 5.95. The number of amides is 3. The molecule has 228 valence electrons. The SMILES string of the molecule is Cn1nc(C(N)=O)c2c1-c1nc(N)ncc1CC2.Cn1nc(C(N)=O)c2c1-c1nc(NC(=O)Cc3ccccc3)ncc1CC2. The number of carbonyl (C=O) groups is 3. The zero-order valence-corrected chi connectivity index (χ0v) is 24.6. The van der Waals surface area contributed by atoms with E-state index in [-0.39, 0.29) is 29.9 Å². The third kappa shape index (κ3) is 5.58. The van der Waals surface area contributed by atoms with Gasteiger partial charge in [-0.05, 0) is 42.4 Å². The number of nitrogens with two attached hydrogens (primary N) is 3. The number of aryl methyl sites for hydroxylation is 4. The Balaban J connectivity index is 0.000000172. The molecule has 4 heterocycles. The van der Waals surface area contributed by atoms with Gasteiger partial charge in [-0.3, -0.25) is 29.1 Å². The largest absolute Gasteiger partial charge is 0.368 e. The molecule has 0 aliphatic heterocycles. The molecule has 0 fully saturated rings. The number of aromatic nitrogens is 8. The van der Waals surface area contributed by atoms with Gasteiger partial charge in [0.2, 0.25) is 17.8 Å². The van der Waals surface area contributed by atoms with E-state index in [2.05, 4.69) is 35.5 Å². The molecule has 15 nitrogen and oxygen atoms in total. The van der Waals surface area contributed by atoms with Gasteiger partial charge in [0, 0.05) is 37.6 Å². The maximum Gasteiger partial charge on any atom is 0.269 e. The summed E-state index contributed by atoms with van der Waals surface area (Å²) in [4.78, 5) is 52.3. The van der Waals surface area contributed by atoms with E-state index in [1.165, 1.54) is 0 Å². The Hall–Kier alpha value is -5.99. The molecule has 0 saturated heterocycles. The standard InChI is InChI=1S/C19H18N6O2.C11H12N6O/c1-25-17-13(16(24-25)18(20)27)8-7-12-10-21-19(23-15(12)17)22-14(26)9-11-5-3-2-4-6-11;1-17-9-6(8(16-17)10(12)18)3-2-5-4-14-11(13)15-7(5)9/h2-6,10H,7-9H2,1H3,(H2,20,27)(H,21,22,23,26);4H,2-3H2,1H3,(H2,12,18)(H2,13,14,15). The van der Waals surface area contributed by atoms with Crippen molar-refractivity contribution in [3.8, 4) is 22.8 Å². The molecule has 0 radical (unpaired) electrons. The molecule has 3 amide bonds. The van der Waals surface area contributed by atoms with Crippen LogP contribution in [0.4, 0.5) is 11.9 Å². The van der Waals surface area contributed by atoms with Crippen molar-refractivity contribution in [2.45, 2.75) is 32.1 Å². The number of primary amides is 2. The summed E-state index contributed by atoms with van der Waals surface area (Å²) in [7, 11) is 3.51. The lowest BCUT2D eigenvalue weighted by molar-refractivity contribution is -0.115. The van der Waals surface area contributed by atoms with Gasteiger partial charge in [-0.1, -0.05) is 30.3 Å². The van der Waals surface area contributed by atoms with Gasteiger partial charge in [0.05, 0.1) is 29.2 Å². The van der Waals surface area contributed by atoms with E-state index in [1.807, 2.05) is 30.3 Å². The second kappa shape index (κ2) is 11.6. The number of hydrogen-bond donors (Lipinski definition) is 4. The number of fused-ring (bicyclic) bond motifs is 6. The Kier molecular flexibility index (Phi) is 7.50. The van der Waals surface area contributed by atoms with E-state index < -0.39 is 11.8 Å². The van der Waals surface area contributed by atoms with Gasteiger partial charge in [-0.15, -0.1) is 0 Å². The van der Waals surface area contributed by atoms with Crippen LogP contribution in [0.15, 0.2) is 42.7 Å². The van der Waals surface area contributed by atoms with Gasteiger partial charge < -0.3 is 17.2 Å². The lowest BCUT2D eigenvalue weighted by Crippen LogP contribution is -2.18. The Bertz CT molecular complexity index is 1980. The van der Waals surface area contributed by atoms with Crippen LogP contribution in [-0.2, 0) is 51.0 Å². The second-order valence-electron chi connectivity index (χ2n) is 10.7. The number of carbonyl (C=O) groups excluding carboxylic acids is 3. The molecule has 4 aromatic heterocycles. The van der Waals surface area contributed by atoms with Crippen molar-refractivity contribution < 1.29 is 14.4 Å². The maximum absolute atomic E-state index is 12.3. The van der Waals surface area contributed by atoms with Crippen molar-refractivity contribution in [1.82, 2.24) is 39.5 Å². The van der Waals surface area contributed by atoms with Crippen molar-refractivity contribution in [3.63, 3.8) is 0 Å². The molecular formula is C30H30N12O3. The summed E-state index contributed by atoms with van der Waals surface area (Å²) in [5, 5.41) is 11.1. The van der Waals surface area contributed by atoms with Crippen molar-refractivity contribution >= 4 is 29.6 Å². The molecule has 2 aliphatic carbocycles. The minimum atomic E-state index is -0.555. The fourth-order valence-corrected chi connectivity index (χ4v) is 5.73. The van der Waals surface area contributed by atoms with Gasteiger partial charge >= 0.3 is 0 Å². The molecule has 15 heteroatoms. The van der Waals surface area contributed by atoms with E-state index in [4.69, 9.17) is 17.2 Å². The molecular weight excluding hydrogens is 576 g/mol. The van der Waals surface area contributed by atoms with E-state index in [0.717, 1.165) is 51.3 Å². The third-order valence-electron chi connectivity index (χ3n) is 7.70. The van der Waals surface area contributed by atoms with Gasteiger partial charge in [-0.2, -0.15) is 10.2 Å². The first-order valence-electron chi connectivity index (χ1n) is 14.1. The highest BCUT2D eigenvalue weighted by atomic mass is 16.2. The zero-order chi connectivity index (χ0) is 31.8. The van der Waals surface area contributed by atoms with Gasteiger partial charge in [0.1, 0.15) is 0 Å². The van der Waals surface area contributed by atoms with Crippen LogP contribution in [0.5, 0.6) is 0 Å². The molecule has 45 heavy (non-hydrogen) atoms. The number of hydrogen-bond acceptors (Lipinski definition) is 10. The maximum atomic E-state index is 12.3. The molecule has 1 aromatic carbocycles. The molecule has 2 aliphatic rings. The topological polar surface area (TPSA) is 229 Å². The molecule has 0 saturated carbocycles. The highest BCUT2D eigenvalue weighted by Gasteiger charge is 2.29. The normalized spacial score (nSPS) is 12.5. The molecule has 7 N–H and O–H groups in total. The summed E-state index contributed by atoms with van der Waals surface area (Å²) in [6.45, 7) is 0. The van der Waals surface area contributed by atoms with Crippen molar-refractivity contribution in [1.29, 1.82) is 0 Å². The average Bonchev–Trinajstić information content (AvgIpc) is 3.55. The Morgan fingerprint density at radius 3 is 1.87 bits per heavy atom. The van der Waals surface area contributed by atoms with Crippen LogP contribution < -0.4 is 22.5 Å². The zero-order valence-electron chi connectivity index (χ0n) is 24.6. The van der Waals surface area contributed by atoms with Gasteiger partial charge in [0.15, 0.2) is 11.4 Å². The Morgan fingerprint density at radius 1 is 0.778 bits per heavy atom. The predicted octanol–water partition coefficient (Wildman–Crippen LogP) is 0.913. The van der Waals surface area contributed by atoms with E-state index >= 15 is 0 Å². The highest BCUT2D eigenvalue weighted by Crippen LogP contribution is 2.34. The second-order valence-corrected chi connectivity index (χ2v) is 10.7. The Labute approximate surface area is 256 Å². The van der Waals surface area contributed by atoms with E-state index in [1.54, 1.807) is 35.9 Å². The van der Waals surface area contributed by atoms with Crippen LogP contribution in [0.25, 0.3) is 22.8 Å². The first-order chi connectivity index (χ1) is 21.6. The van der Waals surface area contributed by atoms with Crippen molar-refractivity contribution in [3.05, 3.63) is 81.9 Å². The van der Waals surface area contributed by atoms with Gasteiger partial charge in [0.25, 0.3) is 11.8 Å². The summed E-state index contributed by atoms with van der Waals surface area (Å²) in [6, 6.07) is 9.46. The summed E-state index contributed by atoms with van der Waals surface area (Å²) in [5.74, 6) is -0.828. The summed E-state index contributed by atoms with van der Waals surface area (Å²) < 4.78 is 3.23. The number of benzene rings is 1. The average molecular weight is 607 g/mol. The number of nitrogens with zero attached hydrogens (tertiary/aromatic N) is 8. The van der Waals surface area contributed by atoms with Crippen LogP contribution in [0.1, 0.15) is 48.8 Å². The Morgan fingerprint density at radius 2 is 1.31 bits per heavy atom. The van der Waals surface area contributed by atoms with Gasteiger partial charge in [-0.25, -0.2) is 19.9 Å². The van der Waals surface area contributed by atoms with Crippen LogP contribution in [0, 0.1) is 0 Å². The van der Waals surface area contributed by atoms with E-state index in [0.29, 0.717) is 30.7 Å². The molecule has 5 aromatic rings. The number of nitrogens with one attached hydrogen (secondary N) is 1. The molecule has 0 spiro atoms. The molecule has 0 bridgehead atoms. The lowest BCUT2D eigenvalue weighted by Gasteiger charge is -2.17. The molecule has 7 rings (SSSR count). The number of anilines is 2. The number of rotatable bonds is 5. The fraction of sp³-hybridized carbons (Fsp3) is 0.233. The minimum Gasteiger partial charge on any atom is -0.368 e. The monoisotopic (exact) mass is 606 g/mol. The van der Waals surface area contributed by atoms with Crippen LogP contribution in [-0.4, -0.2) is 57.2 Å². The van der Waals surface area contributed by atoms with E-state index in [9.17, 15) is 14.4 Å². The van der Waals surface area contributed by atoms with Crippen molar-refractivity contribution in [2.75, 3.05) is 11.1 Å².